The SMILES string of the molecule is CCOC(=O)NC(=O)c1ccsc1NC(=O)c1ccc(C(=O)N2CCOCC2)cc1. The van der Waals surface area contributed by atoms with Crippen LogP contribution in [-0.4, -0.2) is 61.6 Å². The second-order valence-electron chi connectivity index (χ2n) is 6.27. The Morgan fingerprint density at radius 2 is 1.70 bits per heavy atom. The highest BCUT2D eigenvalue weighted by molar-refractivity contribution is 7.14. The van der Waals surface area contributed by atoms with Crippen LogP contribution in [0, 0.1) is 0 Å². The minimum atomic E-state index is -0.855. The molecule has 2 N–H and O–H groups in total. The van der Waals surface area contributed by atoms with Crippen molar-refractivity contribution in [3.63, 3.8) is 0 Å². The monoisotopic (exact) mass is 431 g/mol. The lowest BCUT2D eigenvalue weighted by molar-refractivity contribution is 0.0303. The van der Waals surface area contributed by atoms with Gasteiger partial charge in [0.1, 0.15) is 5.00 Å². The number of carbonyl (C=O) groups is 4. The third-order valence-corrected chi connectivity index (χ3v) is 5.15. The summed E-state index contributed by atoms with van der Waals surface area (Å²) in [4.78, 5) is 50.4. The number of hydrogen-bond donors (Lipinski definition) is 2. The van der Waals surface area contributed by atoms with Crippen molar-refractivity contribution < 1.29 is 28.7 Å². The summed E-state index contributed by atoms with van der Waals surface area (Å²) in [6.07, 6.45) is -0.855. The molecule has 3 rings (SSSR count). The lowest BCUT2D eigenvalue weighted by atomic mass is 10.1. The smallest absolute Gasteiger partial charge is 0.414 e. The van der Waals surface area contributed by atoms with Crippen molar-refractivity contribution in [3.05, 3.63) is 52.4 Å². The number of ether oxygens (including phenoxy) is 2. The molecule has 0 spiro atoms. The van der Waals surface area contributed by atoms with Crippen LogP contribution in [0.4, 0.5) is 9.80 Å². The van der Waals surface area contributed by atoms with Crippen LogP contribution >= 0.6 is 11.3 Å². The van der Waals surface area contributed by atoms with Gasteiger partial charge in [-0.15, -0.1) is 11.3 Å². The molecule has 0 aliphatic carbocycles. The fourth-order valence-electron chi connectivity index (χ4n) is 2.80. The Morgan fingerprint density at radius 3 is 2.37 bits per heavy atom. The molecule has 0 bridgehead atoms. The summed E-state index contributed by atoms with van der Waals surface area (Å²) in [5, 5.41) is 6.68. The number of nitrogens with zero attached hydrogens (tertiary/aromatic N) is 1. The molecule has 4 amide bonds. The van der Waals surface area contributed by atoms with E-state index in [1.54, 1.807) is 41.5 Å². The quantitative estimate of drug-likeness (QED) is 0.751. The summed E-state index contributed by atoms with van der Waals surface area (Å²) in [5.74, 6) is -1.22. The van der Waals surface area contributed by atoms with E-state index in [1.165, 1.54) is 6.07 Å². The highest BCUT2D eigenvalue weighted by atomic mass is 32.1. The van der Waals surface area contributed by atoms with Gasteiger partial charge < -0.3 is 19.7 Å². The van der Waals surface area contributed by atoms with Gasteiger partial charge in [-0.2, -0.15) is 0 Å². The van der Waals surface area contributed by atoms with Gasteiger partial charge in [0.05, 0.1) is 25.4 Å². The Balaban J connectivity index is 1.64. The number of hydrogen-bond acceptors (Lipinski definition) is 7. The molecule has 0 atom stereocenters. The van der Waals surface area contributed by atoms with Gasteiger partial charge in [-0.3, -0.25) is 19.7 Å². The maximum Gasteiger partial charge on any atom is 0.414 e. The van der Waals surface area contributed by atoms with E-state index in [0.717, 1.165) is 11.3 Å². The summed E-state index contributed by atoms with van der Waals surface area (Å²) >= 11 is 1.15. The first-order valence-corrected chi connectivity index (χ1v) is 10.2. The summed E-state index contributed by atoms with van der Waals surface area (Å²) in [6, 6.07) is 7.79. The van der Waals surface area contributed by atoms with Gasteiger partial charge >= 0.3 is 6.09 Å². The van der Waals surface area contributed by atoms with Crippen LogP contribution in [0.1, 0.15) is 38.0 Å². The Morgan fingerprint density at radius 1 is 1.03 bits per heavy atom. The molecular weight excluding hydrogens is 410 g/mol. The molecule has 1 fully saturated rings. The standard InChI is InChI=1S/C20H21N3O6S/c1-2-29-20(27)22-17(25)15-7-12-30-18(15)21-16(24)13-3-5-14(6-4-13)19(26)23-8-10-28-11-9-23/h3-7,12H,2,8-11H2,1H3,(H,21,24)(H,22,25,27). The number of thiophene rings is 1. The van der Waals surface area contributed by atoms with Crippen LogP contribution < -0.4 is 10.6 Å². The van der Waals surface area contributed by atoms with Gasteiger partial charge in [0.25, 0.3) is 17.7 Å². The fourth-order valence-corrected chi connectivity index (χ4v) is 3.58. The van der Waals surface area contributed by atoms with Crippen LogP contribution in [0.25, 0.3) is 0 Å². The van der Waals surface area contributed by atoms with Gasteiger partial charge in [0, 0.05) is 24.2 Å². The van der Waals surface area contributed by atoms with Crippen LogP contribution in [0.2, 0.25) is 0 Å². The molecule has 0 radical (unpaired) electrons. The largest absolute Gasteiger partial charge is 0.450 e. The molecule has 9 nitrogen and oxygen atoms in total. The molecule has 2 heterocycles. The van der Waals surface area contributed by atoms with Crippen molar-refractivity contribution in [1.29, 1.82) is 0 Å². The first kappa shape index (κ1) is 21.5. The van der Waals surface area contributed by atoms with E-state index in [9.17, 15) is 19.2 Å². The van der Waals surface area contributed by atoms with Crippen molar-refractivity contribution >= 4 is 40.2 Å². The molecule has 1 aromatic carbocycles. The molecule has 0 unspecified atom stereocenters. The van der Waals surface area contributed by atoms with Crippen LogP contribution in [0.15, 0.2) is 35.7 Å². The predicted molar refractivity (Wildman–Crippen MR) is 110 cm³/mol. The molecule has 1 aliphatic rings. The summed E-state index contributed by atoms with van der Waals surface area (Å²) < 4.78 is 9.93. The summed E-state index contributed by atoms with van der Waals surface area (Å²) in [6.45, 7) is 3.86. The van der Waals surface area contributed by atoms with Crippen LogP contribution in [0.5, 0.6) is 0 Å². The summed E-state index contributed by atoms with van der Waals surface area (Å²) in [5.41, 5.74) is 0.971. The number of morpholine rings is 1. The first-order valence-electron chi connectivity index (χ1n) is 9.33. The third-order valence-electron chi connectivity index (χ3n) is 4.32. The normalized spacial score (nSPS) is 13.4. The highest BCUT2D eigenvalue weighted by Gasteiger charge is 2.20. The summed E-state index contributed by atoms with van der Waals surface area (Å²) in [7, 11) is 0. The third kappa shape index (κ3) is 5.22. The van der Waals surface area contributed by atoms with Gasteiger partial charge in [-0.1, -0.05) is 0 Å². The van der Waals surface area contributed by atoms with E-state index in [2.05, 4.69) is 15.4 Å². The van der Waals surface area contributed by atoms with Gasteiger partial charge in [-0.05, 0) is 42.6 Å². The number of rotatable bonds is 5. The second-order valence-corrected chi connectivity index (χ2v) is 7.19. The first-order chi connectivity index (χ1) is 14.5. The van der Waals surface area contributed by atoms with Crippen molar-refractivity contribution in [2.45, 2.75) is 6.92 Å². The minimum Gasteiger partial charge on any atom is -0.450 e. The minimum absolute atomic E-state index is 0.110. The number of imide groups is 1. The maximum absolute atomic E-state index is 12.6. The Labute approximate surface area is 177 Å². The number of benzene rings is 1. The molecule has 30 heavy (non-hydrogen) atoms. The zero-order valence-corrected chi connectivity index (χ0v) is 17.1. The van der Waals surface area contributed by atoms with Crippen molar-refractivity contribution in [3.8, 4) is 0 Å². The van der Waals surface area contributed by atoms with Crippen molar-refractivity contribution in [2.24, 2.45) is 0 Å². The average Bonchev–Trinajstić information content (AvgIpc) is 3.22. The number of anilines is 1. The number of alkyl carbamates (subject to hydrolysis) is 1. The van der Waals surface area contributed by atoms with E-state index < -0.39 is 17.9 Å². The zero-order chi connectivity index (χ0) is 21.5. The van der Waals surface area contributed by atoms with Gasteiger partial charge in [0.2, 0.25) is 0 Å². The maximum atomic E-state index is 12.6. The Kier molecular flexibility index (Phi) is 7.15. The van der Waals surface area contributed by atoms with E-state index in [4.69, 9.17) is 4.74 Å². The van der Waals surface area contributed by atoms with Gasteiger partial charge in [-0.25, -0.2) is 4.79 Å². The zero-order valence-electron chi connectivity index (χ0n) is 16.3. The predicted octanol–water partition coefficient (Wildman–Crippen LogP) is 2.36. The molecule has 10 heteroatoms. The van der Waals surface area contributed by atoms with Crippen molar-refractivity contribution in [1.82, 2.24) is 10.2 Å². The number of carbonyl (C=O) groups excluding carboxylic acids is 4. The van der Waals surface area contributed by atoms with Gasteiger partial charge in [0.15, 0.2) is 0 Å². The molecular formula is C20H21N3O6S. The lowest BCUT2D eigenvalue weighted by Gasteiger charge is -2.26. The molecule has 158 valence electrons. The van der Waals surface area contributed by atoms with Crippen LogP contribution in [-0.2, 0) is 9.47 Å². The van der Waals surface area contributed by atoms with E-state index in [0.29, 0.717) is 42.4 Å². The average molecular weight is 431 g/mol. The Bertz CT molecular complexity index is 934. The second kappa shape index (κ2) is 9.99. The molecule has 1 saturated heterocycles. The number of amides is 4. The molecule has 0 saturated carbocycles. The molecule has 1 aliphatic heterocycles. The molecule has 2 aromatic rings. The topological polar surface area (TPSA) is 114 Å². The molecule has 1 aromatic heterocycles. The lowest BCUT2D eigenvalue weighted by Crippen LogP contribution is -2.40. The van der Waals surface area contributed by atoms with E-state index >= 15 is 0 Å². The Hall–Kier alpha value is -3.24. The van der Waals surface area contributed by atoms with E-state index in [1.807, 2.05) is 0 Å². The fraction of sp³-hybridized carbons (Fsp3) is 0.300. The van der Waals surface area contributed by atoms with Crippen molar-refractivity contribution in [2.75, 3.05) is 38.2 Å². The van der Waals surface area contributed by atoms with Crippen LogP contribution in [0.3, 0.4) is 0 Å². The highest BCUT2D eigenvalue weighted by Crippen LogP contribution is 2.24. The van der Waals surface area contributed by atoms with E-state index in [-0.39, 0.29) is 18.1 Å². The number of nitrogens with one attached hydrogen (secondary N) is 2.